The molecule has 0 unspecified atom stereocenters. The van der Waals surface area contributed by atoms with Crippen LogP contribution in [0.25, 0.3) is 0 Å². The Balaban J connectivity index is 1.59. The highest BCUT2D eigenvalue weighted by molar-refractivity contribution is 5.93. The average Bonchev–Trinajstić information content (AvgIpc) is 2.77. The van der Waals surface area contributed by atoms with E-state index in [1.807, 2.05) is 32.0 Å². The summed E-state index contributed by atoms with van der Waals surface area (Å²) in [6.07, 6.45) is 4.70. The molecule has 0 atom stereocenters. The van der Waals surface area contributed by atoms with Gasteiger partial charge in [0.15, 0.2) is 0 Å². The lowest BCUT2D eigenvalue weighted by Gasteiger charge is -2.30. The van der Waals surface area contributed by atoms with Gasteiger partial charge in [-0.2, -0.15) is 0 Å². The second-order valence-corrected chi connectivity index (χ2v) is 7.43. The number of morpholine rings is 1. The van der Waals surface area contributed by atoms with Gasteiger partial charge >= 0.3 is 0 Å². The Morgan fingerprint density at radius 1 is 1.13 bits per heavy atom. The lowest BCUT2D eigenvalue weighted by Crippen LogP contribution is -2.44. The highest BCUT2D eigenvalue weighted by Crippen LogP contribution is 2.14. The Morgan fingerprint density at radius 3 is 2.63 bits per heavy atom. The number of hydrogen-bond donors (Lipinski definition) is 1. The number of hydrogen-bond acceptors (Lipinski definition) is 6. The summed E-state index contributed by atoms with van der Waals surface area (Å²) in [5.74, 6) is -0.336. The molecule has 1 aliphatic rings. The second-order valence-electron chi connectivity index (χ2n) is 7.43. The number of carbonyl (C=O) groups is 2. The normalized spacial score (nSPS) is 14.3. The van der Waals surface area contributed by atoms with Gasteiger partial charge in [0.25, 0.3) is 5.91 Å². The Bertz CT molecular complexity index is 853. The number of aryl methyl sites for hydroxylation is 2. The summed E-state index contributed by atoms with van der Waals surface area (Å²) >= 11 is 0. The fourth-order valence-electron chi connectivity index (χ4n) is 3.25. The Morgan fingerprint density at radius 2 is 1.93 bits per heavy atom. The van der Waals surface area contributed by atoms with Crippen LogP contribution in [0.4, 0.5) is 5.69 Å². The molecule has 8 nitrogen and oxygen atoms in total. The molecule has 1 aromatic heterocycles. The molecular formula is C22H29N5O3. The second kappa shape index (κ2) is 10.8. The molecule has 2 amide bonds. The van der Waals surface area contributed by atoms with Crippen LogP contribution in [0, 0.1) is 13.8 Å². The standard InChI is InChI=1S/C22H29N5O3/c1-17-3-4-19(15-18(17)2)25-21(28)5-8-27(10-9-26-11-13-30-14-12-26)22(29)20-16-23-6-7-24-20/h3-4,6-7,15-16H,5,8-14H2,1-2H3,(H,25,28). The van der Waals surface area contributed by atoms with Gasteiger partial charge in [-0.15, -0.1) is 0 Å². The van der Waals surface area contributed by atoms with E-state index in [9.17, 15) is 9.59 Å². The van der Waals surface area contributed by atoms with E-state index >= 15 is 0 Å². The van der Waals surface area contributed by atoms with E-state index in [1.165, 1.54) is 24.2 Å². The minimum Gasteiger partial charge on any atom is -0.379 e. The average molecular weight is 412 g/mol. The summed E-state index contributed by atoms with van der Waals surface area (Å²) in [4.78, 5) is 37.4. The van der Waals surface area contributed by atoms with Gasteiger partial charge in [-0.1, -0.05) is 6.07 Å². The van der Waals surface area contributed by atoms with E-state index in [0.29, 0.717) is 26.3 Å². The van der Waals surface area contributed by atoms with Crippen LogP contribution in [-0.4, -0.2) is 77.5 Å². The van der Waals surface area contributed by atoms with Crippen molar-refractivity contribution in [1.29, 1.82) is 0 Å². The molecule has 2 aromatic rings. The third-order valence-electron chi connectivity index (χ3n) is 5.26. The monoisotopic (exact) mass is 411 g/mol. The summed E-state index contributed by atoms with van der Waals surface area (Å²) in [7, 11) is 0. The molecule has 1 fully saturated rings. The number of amides is 2. The molecule has 1 N–H and O–H groups in total. The lowest BCUT2D eigenvalue weighted by atomic mass is 10.1. The van der Waals surface area contributed by atoms with Crippen molar-refractivity contribution in [2.24, 2.45) is 0 Å². The molecular weight excluding hydrogens is 382 g/mol. The lowest BCUT2D eigenvalue weighted by molar-refractivity contribution is -0.116. The van der Waals surface area contributed by atoms with Gasteiger partial charge in [0, 0.05) is 57.2 Å². The first-order valence-electron chi connectivity index (χ1n) is 10.3. The van der Waals surface area contributed by atoms with Crippen molar-refractivity contribution >= 4 is 17.5 Å². The molecule has 0 bridgehead atoms. The quantitative estimate of drug-likeness (QED) is 0.714. The summed E-state index contributed by atoms with van der Waals surface area (Å²) in [5, 5.41) is 2.92. The van der Waals surface area contributed by atoms with Crippen molar-refractivity contribution in [1.82, 2.24) is 19.8 Å². The fraction of sp³-hybridized carbons (Fsp3) is 0.455. The molecule has 1 aliphatic heterocycles. The third kappa shape index (κ3) is 6.33. The van der Waals surface area contributed by atoms with Crippen molar-refractivity contribution in [2.45, 2.75) is 20.3 Å². The topological polar surface area (TPSA) is 87.7 Å². The highest BCUT2D eigenvalue weighted by Gasteiger charge is 2.20. The zero-order chi connectivity index (χ0) is 21.3. The Kier molecular flexibility index (Phi) is 7.87. The van der Waals surface area contributed by atoms with Crippen LogP contribution in [0.15, 0.2) is 36.8 Å². The first-order chi connectivity index (χ1) is 14.5. The van der Waals surface area contributed by atoms with E-state index < -0.39 is 0 Å². The van der Waals surface area contributed by atoms with Crippen LogP contribution >= 0.6 is 0 Å². The van der Waals surface area contributed by atoms with E-state index in [-0.39, 0.29) is 23.9 Å². The molecule has 8 heteroatoms. The molecule has 1 aromatic carbocycles. The minimum absolute atomic E-state index is 0.124. The maximum absolute atomic E-state index is 12.9. The van der Waals surface area contributed by atoms with Crippen molar-refractivity contribution in [3.8, 4) is 0 Å². The molecule has 30 heavy (non-hydrogen) atoms. The molecule has 2 heterocycles. The minimum atomic E-state index is -0.213. The number of carbonyl (C=O) groups excluding carboxylic acids is 2. The number of ether oxygens (including phenoxy) is 1. The zero-order valence-corrected chi connectivity index (χ0v) is 17.6. The number of benzene rings is 1. The van der Waals surface area contributed by atoms with Crippen LogP contribution in [0.1, 0.15) is 28.0 Å². The van der Waals surface area contributed by atoms with Gasteiger partial charge in [0.05, 0.1) is 19.4 Å². The highest BCUT2D eigenvalue weighted by atomic mass is 16.5. The van der Waals surface area contributed by atoms with E-state index in [4.69, 9.17) is 4.74 Å². The molecule has 0 saturated carbocycles. The predicted octanol–water partition coefficient (Wildman–Crippen LogP) is 1.90. The zero-order valence-electron chi connectivity index (χ0n) is 17.6. The van der Waals surface area contributed by atoms with Crippen LogP contribution in [0.2, 0.25) is 0 Å². The largest absolute Gasteiger partial charge is 0.379 e. The van der Waals surface area contributed by atoms with Crippen LogP contribution in [-0.2, 0) is 9.53 Å². The van der Waals surface area contributed by atoms with Crippen molar-refractivity contribution in [3.05, 3.63) is 53.6 Å². The van der Waals surface area contributed by atoms with Crippen LogP contribution in [0.3, 0.4) is 0 Å². The SMILES string of the molecule is Cc1ccc(NC(=O)CCN(CCN2CCOCC2)C(=O)c2cnccn2)cc1C. The first-order valence-corrected chi connectivity index (χ1v) is 10.3. The fourth-order valence-corrected chi connectivity index (χ4v) is 3.25. The van der Waals surface area contributed by atoms with Gasteiger partial charge in [0.1, 0.15) is 5.69 Å². The van der Waals surface area contributed by atoms with Gasteiger partial charge in [0.2, 0.25) is 5.91 Å². The maximum Gasteiger partial charge on any atom is 0.274 e. The van der Waals surface area contributed by atoms with Crippen molar-refractivity contribution in [2.75, 3.05) is 51.3 Å². The van der Waals surface area contributed by atoms with Gasteiger partial charge in [-0.05, 0) is 37.1 Å². The number of nitrogens with one attached hydrogen (secondary N) is 1. The van der Waals surface area contributed by atoms with Crippen molar-refractivity contribution in [3.63, 3.8) is 0 Å². The van der Waals surface area contributed by atoms with E-state index in [0.717, 1.165) is 30.9 Å². The van der Waals surface area contributed by atoms with Gasteiger partial charge < -0.3 is 15.0 Å². The third-order valence-corrected chi connectivity index (χ3v) is 5.26. The van der Waals surface area contributed by atoms with Crippen LogP contribution < -0.4 is 5.32 Å². The molecule has 160 valence electrons. The number of nitrogens with zero attached hydrogens (tertiary/aromatic N) is 4. The Hall–Kier alpha value is -2.84. The van der Waals surface area contributed by atoms with Crippen LogP contribution in [0.5, 0.6) is 0 Å². The summed E-state index contributed by atoms with van der Waals surface area (Å²) in [6.45, 7) is 8.72. The molecule has 0 aliphatic carbocycles. The number of aromatic nitrogens is 2. The van der Waals surface area contributed by atoms with E-state index in [2.05, 4.69) is 20.2 Å². The maximum atomic E-state index is 12.9. The van der Waals surface area contributed by atoms with Crippen molar-refractivity contribution < 1.29 is 14.3 Å². The predicted molar refractivity (Wildman–Crippen MR) is 114 cm³/mol. The summed E-state index contributed by atoms with van der Waals surface area (Å²) in [5.41, 5.74) is 3.35. The molecule has 0 spiro atoms. The van der Waals surface area contributed by atoms with Gasteiger partial charge in [-0.3, -0.25) is 19.5 Å². The summed E-state index contributed by atoms with van der Waals surface area (Å²) in [6, 6.07) is 5.83. The summed E-state index contributed by atoms with van der Waals surface area (Å²) < 4.78 is 5.38. The van der Waals surface area contributed by atoms with Gasteiger partial charge in [-0.25, -0.2) is 4.98 Å². The van der Waals surface area contributed by atoms with E-state index in [1.54, 1.807) is 4.90 Å². The molecule has 3 rings (SSSR count). The molecule has 1 saturated heterocycles. The number of rotatable bonds is 8. The number of anilines is 1. The molecule has 0 radical (unpaired) electrons. The Labute approximate surface area is 177 Å². The first kappa shape index (κ1) is 21.9. The smallest absolute Gasteiger partial charge is 0.274 e.